The van der Waals surface area contributed by atoms with Crippen molar-refractivity contribution < 1.29 is 22.7 Å². The molecule has 0 radical (unpaired) electrons. The van der Waals surface area contributed by atoms with E-state index in [0.29, 0.717) is 6.54 Å². The second-order valence-electron chi connectivity index (χ2n) is 4.32. The molecule has 0 heterocycles. The van der Waals surface area contributed by atoms with Crippen molar-refractivity contribution in [3.05, 3.63) is 0 Å². The van der Waals surface area contributed by atoms with Gasteiger partial charge in [-0.3, -0.25) is 4.79 Å². The SMILES string of the molecule is O=C(COCC(F)(F)F)N(CCCl)C1CCCC1. The zero-order valence-corrected chi connectivity index (χ0v) is 10.8. The molecule has 7 heteroatoms. The lowest BCUT2D eigenvalue weighted by Crippen LogP contribution is -2.42. The Morgan fingerprint density at radius 2 is 1.94 bits per heavy atom. The number of alkyl halides is 4. The van der Waals surface area contributed by atoms with E-state index in [2.05, 4.69) is 4.74 Å². The first kappa shape index (κ1) is 15.6. The summed E-state index contributed by atoms with van der Waals surface area (Å²) in [5.41, 5.74) is 0. The molecule has 106 valence electrons. The zero-order chi connectivity index (χ0) is 13.6. The smallest absolute Gasteiger partial charge is 0.362 e. The molecule has 0 bridgehead atoms. The van der Waals surface area contributed by atoms with Crippen molar-refractivity contribution in [3.8, 4) is 0 Å². The van der Waals surface area contributed by atoms with E-state index in [1.807, 2.05) is 0 Å². The summed E-state index contributed by atoms with van der Waals surface area (Å²) in [6.45, 7) is -1.56. The molecule has 1 saturated carbocycles. The van der Waals surface area contributed by atoms with Crippen molar-refractivity contribution in [2.75, 3.05) is 25.6 Å². The number of ether oxygens (including phenoxy) is 1. The minimum atomic E-state index is -4.40. The van der Waals surface area contributed by atoms with Gasteiger partial charge in [0, 0.05) is 18.5 Å². The summed E-state index contributed by atoms with van der Waals surface area (Å²) >= 11 is 5.61. The summed E-state index contributed by atoms with van der Waals surface area (Å²) in [5, 5.41) is 0. The van der Waals surface area contributed by atoms with E-state index in [0.717, 1.165) is 25.7 Å². The summed E-state index contributed by atoms with van der Waals surface area (Å²) in [7, 11) is 0. The van der Waals surface area contributed by atoms with Crippen molar-refractivity contribution in [3.63, 3.8) is 0 Å². The van der Waals surface area contributed by atoms with Crippen molar-refractivity contribution >= 4 is 17.5 Å². The van der Waals surface area contributed by atoms with Gasteiger partial charge in [0.05, 0.1) is 0 Å². The molecule has 0 unspecified atom stereocenters. The highest BCUT2D eigenvalue weighted by Crippen LogP contribution is 2.23. The van der Waals surface area contributed by atoms with Crippen LogP contribution >= 0.6 is 11.6 Å². The second-order valence-corrected chi connectivity index (χ2v) is 4.70. The van der Waals surface area contributed by atoms with Gasteiger partial charge in [0.25, 0.3) is 0 Å². The Morgan fingerprint density at radius 1 is 1.33 bits per heavy atom. The number of hydrogen-bond donors (Lipinski definition) is 0. The van der Waals surface area contributed by atoms with Crippen LogP contribution in [0.15, 0.2) is 0 Å². The van der Waals surface area contributed by atoms with Crippen molar-refractivity contribution in [2.45, 2.75) is 37.9 Å². The van der Waals surface area contributed by atoms with Crippen LogP contribution in [0.1, 0.15) is 25.7 Å². The quantitative estimate of drug-likeness (QED) is 0.703. The highest BCUT2D eigenvalue weighted by atomic mass is 35.5. The van der Waals surface area contributed by atoms with Gasteiger partial charge < -0.3 is 9.64 Å². The van der Waals surface area contributed by atoms with E-state index >= 15 is 0 Å². The summed E-state index contributed by atoms with van der Waals surface area (Å²) < 4.78 is 40.0. The maximum absolute atomic E-state index is 11.9. The van der Waals surface area contributed by atoms with E-state index in [1.54, 1.807) is 4.90 Å². The van der Waals surface area contributed by atoms with Crippen LogP contribution in [0.25, 0.3) is 0 Å². The average Bonchev–Trinajstić information content (AvgIpc) is 2.77. The van der Waals surface area contributed by atoms with Gasteiger partial charge in [-0.25, -0.2) is 0 Å². The van der Waals surface area contributed by atoms with Gasteiger partial charge >= 0.3 is 6.18 Å². The molecular weight excluding hydrogens is 271 g/mol. The zero-order valence-electron chi connectivity index (χ0n) is 10.0. The van der Waals surface area contributed by atoms with Gasteiger partial charge in [0.2, 0.25) is 5.91 Å². The van der Waals surface area contributed by atoms with Crippen molar-refractivity contribution in [1.29, 1.82) is 0 Å². The van der Waals surface area contributed by atoms with Crippen molar-refractivity contribution in [2.24, 2.45) is 0 Å². The van der Waals surface area contributed by atoms with Crippen LogP contribution in [-0.2, 0) is 9.53 Å². The fourth-order valence-corrected chi connectivity index (χ4v) is 2.34. The predicted octanol–water partition coefficient (Wildman–Crippen LogP) is 2.58. The lowest BCUT2D eigenvalue weighted by atomic mass is 10.2. The lowest BCUT2D eigenvalue weighted by Gasteiger charge is -2.28. The highest BCUT2D eigenvalue weighted by molar-refractivity contribution is 6.18. The Labute approximate surface area is 109 Å². The van der Waals surface area contributed by atoms with Crippen LogP contribution in [0, 0.1) is 0 Å². The van der Waals surface area contributed by atoms with Gasteiger partial charge in [-0.05, 0) is 12.8 Å². The van der Waals surface area contributed by atoms with Crippen LogP contribution in [0.3, 0.4) is 0 Å². The Balaban J connectivity index is 2.39. The minimum Gasteiger partial charge on any atom is -0.362 e. The molecule has 0 N–H and O–H groups in total. The van der Waals surface area contributed by atoms with Crippen LogP contribution in [0.5, 0.6) is 0 Å². The number of carbonyl (C=O) groups is 1. The summed E-state index contributed by atoms with van der Waals surface area (Å²) in [4.78, 5) is 13.3. The average molecular weight is 288 g/mol. The topological polar surface area (TPSA) is 29.5 Å². The molecule has 1 aliphatic rings. The van der Waals surface area contributed by atoms with Gasteiger partial charge in [-0.2, -0.15) is 13.2 Å². The van der Waals surface area contributed by atoms with Gasteiger partial charge in [0.15, 0.2) is 0 Å². The number of hydrogen-bond acceptors (Lipinski definition) is 2. The molecule has 0 aliphatic heterocycles. The Kier molecular flexibility index (Phi) is 6.21. The van der Waals surface area contributed by atoms with Crippen LogP contribution in [0.2, 0.25) is 0 Å². The molecular formula is C11H17ClF3NO2. The molecule has 1 rings (SSSR count). The van der Waals surface area contributed by atoms with Gasteiger partial charge in [-0.1, -0.05) is 12.8 Å². The second kappa shape index (κ2) is 7.19. The van der Waals surface area contributed by atoms with E-state index in [1.165, 1.54) is 0 Å². The third-order valence-electron chi connectivity index (χ3n) is 2.90. The number of nitrogens with zero attached hydrogens (tertiary/aromatic N) is 1. The third kappa shape index (κ3) is 5.44. The molecule has 3 nitrogen and oxygen atoms in total. The Hall–Kier alpha value is -0.490. The maximum Gasteiger partial charge on any atom is 0.411 e. The molecule has 0 aromatic heterocycles. The molecule has 0 saturated heterocycles. The van der Waals surface area contributed by atoms with E-state index < -0.39 is 25.3 Å². The first-order valence-electron chi connectivity index (χ1n) is 5.94. The van der Waals surface area contributed by atoms with Gasteiger partial charge in [-0.15, -0.1) is 11.6 Å². The Bertz CT molecular complexity index is 268. The predicted molar refractivity (Wildman–Crippen MR) is 61.6 cm³/mol. The Morgan fingerprint density at radius 3 is 2.44 bits per heavy atom. The van der Waals surface area contributed by atoms with Crippen LogP contribution in [0.4, 0.5) is 13.2 Å². The van der Waals surface area contributed by atoms with Crippen LogP contribution < -0.4 is 0 Å². The summed E-state index contributed by atoms with van der Waals surface area (Å²) in [6.07, 6.45) is -0.533. The lowest BCUT2D eigenvalue weighted by molar-refractivity contribution is -0.178. The molecule has 1 fully saturated rings. The fourth-order valence-electron chi connectivity index (χ4n) is 2.15. The molecule has 0 atom stereocenters. The fraction of sp³-hybridized carbons (Fsp3) is 0.909. The highest BCUT2D eigenvalue weighted by Gasteiger charge is 2.30. The number of rotatable bonds is 6. The first-order valence-corrected chi connectivity index (χ1v) is 6.47. The van der Waals surface area contributed by atoms with E-state index in [9.17, 15) is 18.0 Å². The minimum absolute atomic E-state index is 0.103. The first-order chi connectivity index (χ1) is 8.44. The van der Waals surface area contributed by atoms with Gasteiger partial charge in [0.1, 0.15) is 13.2 Å². The molecule has 0 aromatic carbocycles. The number of amides is 1. The number of halogens is 4. The maximum atomic E-state index is 11.9. The monoisotopic (exact) mass is 287 g/mol. The van der Waals surface area contributed by atoms with E-state index in [-0.39, 0.29) is 11.9 Å². The van der Waals surface area contributed by atoms with Crippen molar-refractivity contribution in [1.82, 2.24) is 4.90 Å². The molecule has 0 spiro atoms. The summed E-state index contributed by atoms with van der Waals surface area (Å²) in [6, 6.07) is 0.103. The third-order valence-corrected chi connectivity index (χ3v) is 3.07. The normalized spacial score (nSPS) is 17.1. The molecule has 1 amide bonds. The van der Waals surface area contributed by atoms with Crippen LogP contribution in [-0.4, -0.2) is 48.7 Å². The molecule has 0 aromatic rings. The molecule has 1 aliphatic carbocycles. The number of carbonyl (C=O) groups excluding carboxylic acids is 1. The van der Waals surface area contributed by atoms with E-state index in [4.69, 9.17) is 11.6 Å². The summed E-state index contributed by atoms with van der Waals surface area (Å²) in [5.74, 6) is -0.131. The largest absolute Gasteiger partial charge is 0.411 e. The molecule has 18 heavy (non-hydrogen) atoms. The standard InChI is InChI=1S/C11H17ClF3NO2/c12-5-6-16(9-3-1-2-4-9)10(17)7-18-8-11(13,14)15/h9H,1-8H2.